The number of hydrogen-bond donors (Lipinski definition) is 0. The van der Waals surface area contributed by atoms with Crippen molar-refractivity contribution in [3.05, 3.63) is 28.3 Å². The topological polar surface area (TPSA) is 88.8 Å². The fourth-order valence-electron chi connectivity index (χ4n) is 3.88. The van der Waals surface area contributed by atoms with Crippen LogP contribution >= 0.6 is 27.5 Å². The number of amides is 1. The van der Waals surface area contributed by atoms with E-state index in [2.05, 4.69) is 38.3 Å². The predicted molar refractivity (Wildman–Crippen MR) is 128 cm³/mol. The number of aryl methyl sites for hydroxylation is 1. The first-order valence-corrected chi connectivity index (χ1v) is 12.3. The lowest BCUT2D eigenvalue weighted by atomic mass is 9.93. The van der Waals surface area contributed by atoms with E-state index < -0.39 is 5.60 Å². The first-order chi connectivity index (χ1) is 15.2. The quantitative estimate of drug-likeness (QED) is 0.487. The van der Waals surface area contributed by atoms with Crippen LogP contribution in [0.4, 0.5) is 15.7 Å². The molecule has 0 saturated carbocycles. The molecule has 0 spiro atoms. The second kappa shape index (κ2) is 8.93. The van der Waals surface area contributed by atoms with E-state index in [0.717, 1.165) is 47.2 Å². The van der Waals surface area contributed by atoms with Gasteiger partial charge in [-0.05, 0) is 68.1 Å². The lowest BCUT2D eigenvalue weighted by Crippen LogP contribution is -2.41. The van der Waals surface area contributed by atoms with E-state index in [4.69, 9.17) is 14.8 Å². The summed E-state index contributed by atoms with van der Waals surface area (Å²) in [4.78, 5) is 25.4. The lowest BCUT2D eigenvalue weighted by molar-refractivity contribution is 0.0204. The summed E-state index contributed by atoms with van der Waals surface area (Å²) in [6.07, 6.45) is 2.24. The average molecular weight is 522 g/mol. The maximum Gasteiger partial charge on any atom is 0.410 e. The number of rotatable bonds is 4. The number of nitrogens with zero attached hydrogens (tertiary/aromatic N) is 7. The molecule has 0 unspecified atom stereocenters. The molecule has 32 heavy (non-hydrogen) atoms. The van der Waals surface area contributed by atoms with E-state index in [1.54, 1.807) is 4.90 Å². The van der Waals surface area contributed by atoms with Gasteiger partial charge < -0.3 is 14.5 Å². The van der Waals surface area contributed by atoms with Gasteiger partial charge in [0, 0.05) is 37.6 Å². The molecule has 3 aromatic rings. The number of aromatic nitrogens is 5. The number of piperidine rings is 1. The minimum absolute atomic E-state index is 0.242. The van der Waals surface area contributed by atoms with Gasteiger partial charge in [0.25, 0.3) is 0 Å². The van der Waals surface area contributed by atoms with Gasteiger partial charge in [0.15, 0.2) is 11.5 Å². The zero-order valence-electron chi connectivity index (χ0n) is 19.0. The number of halogens is 1. The van der Waals surface area contributed by atoms with E-state index in [1.807, 2.05) is 43.3 Å². The highest BCUT2D eigenvalue weighted by Crippen LogP contribution is 2.32. The minimum atomic E-state index is -0.482. The van der Waals surface area contributed by atoms with Crippen LogP contribution in [0.1, 0.15) is 57.8 Å². The van der Waals surface area contributed by atoms with Crippen molar-refractivity contribution in [3.63, 3.8) is 0 Å². The summed E-state index contributed by atoms with van der Waals surface area (Å²) < 4.78 is 12.2. The van der Waals surface area contributed by atoms with Crippen LogP contribution in [-0.4, -0.2) is 60.7 Å². The van der Waals surface area contributed by atoms with E-state index >= 15 is 0 Å². The predicted octanol–water partition coefficient (Wildman–Crippen LogP) is 4.79. The Kier molecular flexibility index (Phi) is 6.39. The Balaban J connectivity index is 1.57. The molecule has 0 aliphatic carbocycles. The number of anilines is 2. The molecule has 1 amide bonds. The third-order valence-electron chi connectivity index (χ3n) is 5.44. The van der Waals surface area contributed by atoms with Crippen LogP contribution in [-0.2, 0) is 11.2 Å². The standard InChI is InChI=1S/C21H28BrN7O2S/c1-6-14-17(27(5)19-24-18(22)26-32-19)29-16(23-14)8-7-15(25-29)13-9-11-28(12-10-13)20(30)31-21(2,3)4/h7-8,13H,6,9-12H2,1-5H3. The van der Waals surface area contributed by atoms with Crippen LogP contribution in [0, 0.1) is 0 Å². The third-order valence-corrected chi connectivity index (χ3v) is 6.82. The Hall–Kier alpha value is -2.27. The van der Waals surface area contributed by atoms with Gasteiger partial charge in [-0.25, -0.2) is 9.78 Å². The zero-order valence-corrected chi connectivity index (χ0v) is 21.4. The van der Waals surface area contributed by atoms with Crippen LogP contribution < -0.4 is 4.90 Å². The molecular formula is C21H28BrN7O2S. The second-order valence-corrected chi connectivity index (χ2v) is 10.4. The van der Waals surface area contributed by atoms with Gasteiger partial charge in [-0.1, -0.05) is 6.92 Å². The van der Waals surface area contributed by atoms with Crippen molar-refractivity contribution in [3.8, 4) is 0 Å². The molecule has 3 aromatic heterocycles. The monoisotopic (exact) mass is 521 g/mol. The molecule has 1 saturated heterocycles. The van der Waals surface area contributed by atoms with Crippen molar-refractivity contribution in [1.82, 2.24) is 28.9 Å². The second-order valence-electron chi connectivity index (χ2n) is 8.91. The number of fused-ring (bicyclic) bond motifs is 1. The van der Waals surface area contributed by atoms with Crippen LogP contribution in [0.2, 0.25) is 0 Å². The van der Waals surface area contributed by atoms with E-state index in [0.29, 0.717) is 17.8 Å². The number of likely N-dealkylation sites (tertiary alicyclic amines) is 1. The minimum Gasteiger partial charge on any atom is -0.444 e. The number of carbonyl (C=O) groups is 1. The maximum atomic E-state index is 12.4. The van der Waals surface area contributed by atoms with Gasteiger partial charge >= 0.3 is 6.09 Å². The molecule has 1 aliphatic rings. The fourth-order valence-corrected chi connectivity index (χ4v) is 4.92. The van der Waals surface area contributed by atoms with Crippen molar-refractivity contribution in [1.29, 1.82) is 0 Å². The normalized spacial score (nSPS) is 15.4. The zero-order chi connectivity index (χ0) is 23.0. The first-order valence-electron chi connectivity index (χ1n) is 10.8. The largest absolute Gasteiger partial charge is 0.444 e. The summed E-state index contributed by atoms with van der Waals surface area (Å²) in [7, 11) is 1.96. The van der Waals surface area contributed by atoms with E-state index in [-0.39, 0.29) is 12.0 Å². The molecule has 172 valence electrons. The van der Waals surface area contributed by atoms with E-state index in [9.17, 15) is 4.79 Å². The van der Waals surface area contributed by atoms with Crippen molar-refractivity contribution in [2.24, 2.45) is 0 Å². The average Bonchev–Trinajstić information content (AvgIpc) is 3.35. The smallest absolute Gasteiger partial charge is 0.410 e. The van der Waals surface area contributed by atoms with Crippen LogP contribution in [0.25, 0.3) is 5.65 Å². The van der Waals surface area contributed by atoms with Crippen molar-refractivity contribution in [2.75, 3.05) is 25.0 Å². The Morgan fingerprint density at radius 1 is 1.28 bits per heavy atom. The lowest BCUT2D eigenvalue weighted by Gasteiger charge is -2.33. The molecule has 4 heterocycles. The molecule has 0 aromatic carbocycles. The van der Waals surface area contributed by atoms with Gasteiger partial charge in [-0.2, -0.15) is 19.0 Å². The van der Waals surface area contributed by atoms with Crippen LogP contribution in [0.15, 0.2) is 16.9 Å². The maximum absolute atomic E-state index is 12.4. The molecule has 0 N–H and O–H groups in total. The molecule has 0 radical (unpaired) electrons. The highest BCUT2D eigenvalue weighted by atomic mass is 79.9. The summed E-state index contributed by atoms with van der Waals surface area (Å²) in [5.74, 6) is 1.18. The summed E-state index contributed by atoms with van der Waals surface area (Å²) in [6.45, 7) is 9.08. The Labute approximate surface area is 200 Å². The highest BCUT2D eigenvalue weighted by Gasteiger charge is 2.29. The van der Waals surface area contributed by atoms with Crippen molar-refractivity contribution < 1.29 is 9.53 Å². The van der Waals surface area contributed by atoms with Gasteiger partial charge in [-0.15, -0.1) is 0 Å². The fraction of sp³-hybridized carbons (Fsp3) is 0.571. The number of carbonyl (C=O) groups excluding carboxylic acids is 1. The SMILES string of the molecule is CCc1nc2ccc(C3CCN(C(=O)OC(C)(C)C)CC3)nn2c1N(C)c1nc(Br)ns1. The van der Waals surface area contributed by atoms with Gasteiger partial charge in [0.05, 0.1) is 11.4 Å². The van der Waals surface area contributed by atoms with Crippen LogP contribution in [0.3, 0.4) is 0 Å². The Morgan fingerprint density at radius 2 is 2.00 bits per heavy atom. The number of hydrogen-bond acceptors (Lipinski definition) is 8. The summed E-state index contributed by atoms with van der Waals surface area (Å²) >= 11 is 4.65. The molecular weight excluding hydrogens is 494 g/mol. The molecule has 1 fully saturated rings. The molecule has 11 heteroatoms. The summed E-state index contributed by atoms with van der Waals surface area (Å²) in [5.41, 5.74) is 2.30. The van der Waals surface area contributed by atoms with Crippen molar-refractivity contribution >= 4 is 50.2 Å². The Bertz CT molecular complexity index is 1120. The Morgan fingerprint density at radius 3 is 2.59 bits per heavy atom. The molecule has 4 rings (SSSR count). The molecule has 1 aliphatic heterocycles. The van der Waals surface area contributed by atoms with E-state index in [1.165, 1.54) is 11.5 Å². The number of ether oxygens (including phenoxy) is 1. The van der Waals surface area contributed by atoms with Gasteiger partial charge in [-0.3, -0.25) is 0 Å². The third kappa shape index (κ3) is 4.73. The van der Waals surface area contributed by atoms with Crippen LogP contribution in [0.5, 0.6) is 0 Å². The molecule has 0 atom stereocenters. The highest BCUT2D eigenvalue weighted by molar-refractivity contribution is 9.10. The summed E-state index contributed by atoms with van der Waals surface area (Å²) in [5, 5.41) is 5.74. The molecule has 0 bridgehead atoms. The van der Waals surface area contributed by atoms with Gasteiger partial charge in [0.1, 0.15) is 5.60 Å². The van der Waals surface area contributed by atoms with Crippen molar-refractivity contribution in [2.45, 2.75) is 58.5 Å². The van der Waals surface area contributed by atoms with Gasteiger partial charge in [0.2, 0.25) is 9.87 Å². The first kappa shape index (κ1) is 22.9. The summed E-state index contributed by atoms with van der Waals surface area (Å²) in [6, 6.07) is 4.08. The molecule has 9 nitrogen and oxygen atoms in total. The number of imidazole rings is 1.